The van der Waals surface area contributed by atoms with Crippen molar-refractivity contribution in [1.82, 2.24) is 29.9 Å². The van der Waals surface area contributed by atoms with Crippen LogP contribution >= 0.6 is 0 Å². The van der Waals surface area contributed by atoms with E-state index in [2.05, 4.69) is 115 Å². The lowest BCUT2D eigenvalue weighted by molar-refractivity contribution is 1.06. The Labute approximate surface area is 216 Å². The summed E-state index contributed by atoms with van der Waals surface area (Å²) in [6.45, 7) is 0. The Morgan fingerprint density at radius 1 is 0.342 bits per heavy atom. The van der Waals surface area contributed by atoms with Crippen molar-refractivity contribution in [3.05, 3.63) is 110 Å². The summed E-state index contributed by atoms with van der Waals surface area (Å²) in [5.41, 5.74) is 1.92. The summed E-state index contributed by atoms with van der Waals surface area (Å²) in [6, 6.07) is 30.3. The second-order valence-electron chi connectivity index (χ2n) is 9.29. The van der Waals surface area contributed by atoms with Gasteiger partial charge in [-0.25, -0.2) is 29.9 Å². The van der Waals surface area contributed by atoms with Crippen LogP contribution in [-0.4, -0.2) is 29.9 Å². The third kappa shape index (κ3) is 3.01. The normalized spacial score (nSPS) is 11.7. The largest absolute Gasteiger partial charge is 0.225 e. The van der Waals surface area contributed by atoms with Crippen LogP contribution in [0.4, 0.5) is 0 Å². The van der Waals surface area contributed by atoms with Gasteiger partial charge in [-0.15, -0.1) is 0 Å². The summed E-state index contributed by atoms with van der Waals surface area (Å²) in [7, 11) is 0. The summed E-state index contributed by atoms with van der Waals surface area (Å²) in [4.78, 5) is 25.6. The van der Waals surface area contributed by atoms with Crippen LogP contribution in [0.2, 0.25) is 0 Å². The van der Waals surface area contributed by atoms with Gasteiger partial charge in [0.05, 0.1) is 0 Å². The third-order valence-electron chi connectivity index (χ3n) is 7.30. The van der Waals surface area contributed by atoms with Crippen LogP contribution in [0.3, 0.4) is 0 Å². The number of hydrogen-bond acceptors (Lipinski definition) is 6. The van der Waals surface area contributed by atoms with Crippen LogP contribution in [0, 0.1) is 0 Å². The van der Waals surface area contributed by atoms with Gasteiger partial charge in [-0.05, 0) is 66.0 Å². The van der Waals surface area contributed by atoms with E-state index in [-0.39, 0.29) is 0 Å². The molecule has 0 atom stereocenters. The molecule has 8 aromatic rings. The highest BCUT2D eigenvalue weighted by Gasteiger charge is 2.17. The molecule has 0 saturated heterocycles. The van der Waals surface area contributed by atoms with Crippen LogP contribution in [0.15, 0.2) is 110 Å². The molecule has 0 spiro atoms. The van der Waals surface area contributed by atoms with Gasteiger partial charge in [-0.2, -0.15) is 0 Å². The number of nitrogens with zero attached hydrogens (tertiary/aromatic N) is 6. The molecular formula is C32H18N6. The number of benzene rings is 6. The molecule has 6 nitrogen and oxygen atoms in total. The molecule has 0 radical (unpaired) electrons. The number of fused-ring (bicyclic) bond motifs is 11. The molecule has 2 aromatic heterocycles. The molecule has 0 fully saturated rings. The molecule has 0 aliphatic carbocycles. The average molecular weight is 487 g/mol. The monoisotopic (exact) mass is 486 g/mol. The maximum absolute atomic E-state index is 4.41. The first-order valence-corrected chi connectivity index (χ1v) is 12.3. The highest BCUT2D eigenvalue weighted by Crippen LogP contribution is 2.45. The lowest BCUT2D eigenvalue weighted by atomic mass is 9.86. The predicted octanol–water partition coefficient (Wildman–Crippen LogP) is 7.16. The number of rotatable bonds is 2. The molecule has 0 saturated carbocycles. The molecule has 176 valence electrons. The van der Waals surface area contributed by atoms with Crippen molar-refractivity contribution < 1.29 is 0 Å². The summed E-state index contributed by atoms with van der Waals surface area (Å²) < 4.78 is 0. The van der Waals surface area contributed by atoms with Gasteiger partial charge in [0.15, 0.2) is 11.6 Å². The van der Waals surface area contributed by atoms with E-state index < -0.39 is 0 Å². The Hall–Kier alpha value is -5.36. The van der Waals surface area contributed by atoms with E-state index in [0.717, 1.165) is 11.1 Å². The smallest absolute Gasteiger partial charge is 0.162 e. The first-order valence-electron chi connectivity index (χ1n) is 12.3. The van der Waals surface area contributed by atoms with Crippen molar-refractivity contribution in [3.8, 4) is 22.8 Å². The molecule has 0 N–H and O–H groups in total. The first kappa shape index (κ1) is 20.8. The van der Waals surface area contributed by atoms with Gasteiger partial charge in [0.2, 0.25) is 0 Å². The van der Waals surface area contributed by atoms with Crippen molar-refractivity contribution >= 4 is 53.9 Å². The Morgan fingerprint density at radius 3 is 1.13 bits per heavy atom. The van der Waals surface area contributed by atoms with Gasteiger partial charge in [0, 0.05) is 11.1 Å². The van der Waals surface area contributed by atoms with E-state index in [9.17, 15) is 0 Å². The fourth-order valence-corrected chi connectivity index (χ4v) is 5.73. The van der Waals surface area contributed by atoms with E-state index in [1.54, 1.807) is 0 Å². The molecule has 0 amide bonds. The quantitative estimate of drug-likeness (QED) is 0.241. The standard InChI is InChI=1S/C32H18N6/c1-3-7-25-21(5-1)22-6-2-4-8-26(22)30-28-14-20(32-37-17-34-18-38-32)10-12-24(28)23-11-9-19(13-27(23)29(25)30)31-35-15-33-16-36-31/h1-18H. The second kappa shape index (κ2) is 8.08. The fraction of sp³-hybridized carbons (Fsp3) is 0. The zero-order valence-electron chi connectivity index (χ0n) is 20.1. The lowest BCUT2D eigenvalue weighted by Gasteiger charge is -2.17. The van der Waals surface area contributed by atoms with Gasteiger partial charge < -0.3 is 0 Å². The summed E-state index contributed by atoms with van der Waals surface area (Å²) in [6.07, 6.45) is 6.15. The number of aromatic nitrogens is 6. The van der Waals surface area contributed by atoms with Crippen LogP contribution in [0.1, 0.15) is 0 Å². The minimum absolute atomic E-state index is 0.658. The molecule has 2 heterocycles. The highest BCUT2D eigenvalue weighted by atomic mass is 15.0. The summed E-state index contributed by atoms with van der Waals surface area (Å²) in [5.74, 6) is 1.32. The maximum atomic E-state index is 4.41. The van der Waals surface area contributed by atoms with E-state index in [0.29, 0.717) is 11.6 Å². The molecule has 0 aliphatic rings. The Bertz CT molecular complexity index is 2020. The van der Waals surface area contributed by atoms with E-state index in [1.165, 1.54) is 79.2 Å². The topological polar surface area (TPSA) is 77.3 Å². The van der Waals surface area contributed by atoms with Gasteiger partial charge in [-0.3, -0.25) is 0 Å². The maximum Gasteiger partial charge on any atom is 0.162 e. The van der Waals surface area contributed by atoms with Crippen molar-refractivity contribution in [2.75, 3.05) is 0 Å². The molecule has 0 unspecified atom stereocenters. The van der Waals surface area contributed by atoms with Crippen LogP contribution in [-0.2, 0) is 0 Å². The summed E-state index contributed by atoms with van der Waals surface area (Å²) >= 11 is 0. The fourth-order valence-electron chi connectivity index (χ4n) is 5.73. The minimum Gasteiger partial charge on any atom is -0.225 e. The molecular weight excluding hydrogens is 468 g/mol. The predicted molar refractivity (Wildman–Crippen MR) is 152 cm³/mol. The molecule has 6 heteroatoms. The molecule has 8 rings (SSSR count). The Morgan fingerprint density at radius 2 is 0.711 bits per heavy atom. The van der Waals surface area contributed by atoms with Gasteiger partial charge in [-0.1, -0.05) is 72.8 Å². The highest BCUT2D eigenvalue weighted by molar-refractivity contribution is 6.39. The third-order valence-corrected chi connectivity index (χ3v) is 7.30. The summed E-state index contributed by atoms with van der Waals surface area (Å²) in [5, 5.41) is 12.0. The SMILES string of the molecule is c1ccc2c(c1)c1ccccc1c1c3cc(-c4ncncn4)ccc3c3ccc(-c4ncncn4)cc3c21. The second-order valence-corrected chi connectivity index (χ2v) is 9.29. The van der Waals surface area contributed by atoms with Crippen molar-refractivity contribution in [1.29, 1.82) is 0 Å². The van der Waals surface area contributed by atoms with Crippen LogP contribution < -0.4 is 0 Å². The first-order chi connectivity index (χ1) is 18.9. The molecule has 6 aromatic carbocycles. The Kier molecular flexibility index (Phi) is 4.42. The van der Waals surface area contributed by atoms with Gasteiger partial charge in [0.25, 0.3) is 0 Å². The van der Waals surface area contributed by atoms with Crippen LogP contribution in [0.25, 0.3) is 76.6 Å². The zero-order valence-corrected chi connectivity index (χ0v) is 20.1. The van der Waals surface area contributed by atoms with E-state index >= 15 is 0 Å². The molecule has 38 heavy (non-hydrogen) atoms. The van der Waals surface area contributed by atoms with Crippen LogP contribution in [0.5, 0.6) is 0 Å². The Balaban J connectivity index is 1.64. The van der Waals surface area contributed by atoms with E-state index in [4.69, 9.17) is 0 Å². The lowest BCUT2D eigenvalue weighted by Crippen LogP contribution is -1.93. The van der Waals surface area contributed by atoms with Crippen molar-refractivity contribution in [2.45, 2.75) is 0 Å². The zero-order chi connectivity index (χ0) is 25.1. The average Bonchev–Trinajstić information content (AvgIpc) is 3.01. The van der Waals surface area contributed by atoms with Crippen molar-refractivity contribution in [3.63, 3.8) is 0 Å². The minimum atomic E-state index is 0.658. The molecule has 0 aliphatic heterocycles. The van der Waals surface area contributed by atoms with Crippen molar-refractivity contribution in [2.24, 2.45) is 0 Å². The van der Waals surface area contributed by atoms with Gasteiger partial charge >= 0.3 is 0 Å². The van der Waals surface area contributed by atoms with E-state index in [1.807, 2.05) is 0 Å². The molecule has 0 bridgehead atoms. The number of hydrogen-bond donors (Lipinski definition) is 0. The van der Waals surface area contributed by atoms with Gasteiger partial charge in [0.1, 0.15) is 25.3 Å².